The van der Waals surface area contributed by atoms with Crippen LogP contribution in [0.15, 0.2) is 24.3 Å². The second-order valence-electron chi connectivity index (χ2n) is 6.47. The number of amides is 1. The number of rotatable bonds is 9. The summed E-state index contributed by atoms with van der Waals surface area (Å²) in [7, 11) is 3.49. The third kappa shape index (κ3) is 6.31. The second-order valence-corrected chi connectivity index (χ2v) is 6.47. The fourth-order valence-electron chi connectivity index (χ4n) is 2.53. The molecule has 1 aromatic carbocycles. The van der Waals surface area contributed by atoms with Gasteiger partial charge in [-0.05, 0) is 25.5 Å². The van der Waals surface area contributed by atoms with Gasteiger partial charge in [-0.1, -0.05) is 38.1 Å². The number of hydrogen-bond donors (Lipinski definition) is 1. The molecule has 0 heterocycles. The molecule has 6 heteroatoms. The van der Waals surface area contributed by atoms with Gasteiger partial charge in [0.25, 0.3) is 0 Å². The fourth-order valence-corrected chi connectivity index (χ4v) is 2.53. The number of ketones is 2. The van der Waals surface area contributed by atoms with Crippen molar-refractivity contribution >= 4 is 17.7 Å². The zero-order valence-electron chi connectivity index (χ0n) is 15.7. The molecule has 1 rings (SSSR count). The molecule has 6 nitrogen and oxygen atoms in total. The third-order valence-electron chi connectivity index (χ3n) is 4.00. The molecular formula is C19H28N2O4. The van der Waals surface area contributed by atoms with Crippen molar-refractivity contribution < 1.29 is 19.1 Å². The summed E-state index contributed by atoms with van der Waals surface area (Å²) in [4.78, 5) is 37.5. The number of nitrogens with one attached hydrogen (secondary N) is 1. The van der Waals surface area contributed by atoms with Crippen LogP contribution in [0.5, 0.6) is 0 Å². The van der Waals surface area contributed by atoms with Crippen LogP contribution in [0, 0.1) is 11.8 Å². The third-order valence-corrected chi connectivity index (χ3v) is 4.00. The Morgan fingerprint density at radius 2 is 1.76 bits per heavy atom. The number of carbonyl (C=O) groups excluding carboxylic acids is 3. The van der Waals surface area contributed by atoms with Crippen LogP contribution in [0.25, 0.3) is 0 Å². The summed E-state index contributed by atoms with van der Waals surface area (Å²) in [6, 6.07) is 6.83. The van der Waals surface area contributed by atoms with Crippen LogP contribution in [-0.4, -0.2) is 49.7 Å². The first-order valence-electron chi connectivity index (χ1n) is 8.44. The number of nitrogens with zero attached hydrogens (tertiary/aromatic N) is 1. The van der Waals surface area contributed by atoms with Crippen molar-refractivity contribution in [3.63, 3.8) is 0 Å². The number of likely N-dealkylation sites (N-methyl/N-ethyl adjacent to an activating group) is 2. The van der Waals surface area contributed by atoms with Gasteiger partial charge in [-0.2, -0.15) is 0 Å². The van der Waals surface area contributed by atoms with E-state index in [1.807, 2.05) is 20.9 Å². The average molecular weight is 348 g/mol. The molecule has 0 aliphatic carbocycles. The summed E-state index contributed by atoms with van der Waals surface area (Å²) in [5.41, 5.74) is 1.28. The van der Waals surface area contributed by atoms with Crippen molar-refractivity contribution in [2.24, 2.45) is 11.8 Å². The second kappa shape index (κ2) is 9.93. The van der Waals surface area contributed by atoms with Crippen molar-refractivity contribution in [1.29, 1.82) is 0 Å². The highest BCUT2D eigenvalue weighted by Gasteiger charge is 2.27. The Kier molecular flexibility index (Phi) is 8.28. The van der Waals surface area contributed by atoms with Gasteiger partial charge >= 0.3 is 6.09 Å². The Bertz CT molecular complexity index is 596. The maximum atomic E-state index is 12.5. The van der Waals surface area contributed by atoms with E-state index < -0.39 is 12.0 Å². The van der Waals surface area contributed by atoms with Gasteiger partial charge in [0.05, 0.1) is 5.92 Å². The molecule has 0 aliphatic rings. The van der Waals surface area contributed by atoms with E-state index in [4.69, 9.17) is 4.74 Å². The van der Waals surface area contributed by atoms with E-state index in [1.54, 1.807) is 31.3 Å². The molecule has 138 valence electrons. The van der Waals surface area contributed by atoms with Crippen molar-refractivity contribution in [1.82, 2.24) is 10.2 Å². The van der Waals surface area contributed by atoms with E-state index in [9.17, 15) is 14.4 Å². The minimum Gasteiger partial charge on any atom is -0.445 e. The van der Waals surface area contributed by atoms with Crippen LogP contribution in [0.2, 0.25) is 0 Å². The molecule has 0 saturated carbocycles. The van der Waals surface area contributed by atoms with Crippen LogP contribution in [-0.2, 0) is 16.1 Å². The van der Waals surface area contributed by atoms with E-state index >= 15 is 0 Å². The van der Waals surface area contributed by atoms with Crippen LogP contribution in [0.4, 0.5) is 4.79 Å². The largest absolute Gasteiger partial charge is 0.445 e. The van der Waals surface area contributed by atoms with Crippen LogP contribution >= 0.6 is 0 Å². The predicted molar refractivity (Wildman–Crippen MR) is 96.5 cm³/mol. The summed E-state index contributed by atoms with van der Waals surface area (Å²) in [5, 5.41) is 2.96. The highest BCUT2D eigenvalue weighted by atomic mass is 16.6. The van der Waals surface area contributed by atoms with E-state index in [2.05, 4.69) is 5.32 Å². The zero-order valence-corrected chi connectivity index (χ0v) is 15.7. The Morgan fingerprint density at radius 1 is 1.16 bits per heavy atom. The van der Waals surface area contributed by atoms with E-state index in [1.165, 1.54) is 11.8 Å². The van der Waals surface area contributed by atoms with Crippen molar-refractivity contribution in [3.05, 3.63) is 35.4 Å². The number of ether oxygens (including phenoxy) is 1. The lowest BCUT2D eigenvalue weighted by Crippen LogP contribution is -2.33. The summed E-state index contributed by atoms with van der Waals surface area (Å²) in [5.74, 6) is -0.955. The topological polar surface area (TPSA) is 75.7 Å². The normalized spacial score (nSPS) is 11.9. The predicted octanol–water partition coefficient (Wildman–Crippen LogP) is 2.52. The van der Waals surface area contributed by atoms with E-state index in [0.717, 1.165) is 5.56 Å². The summed E-state index contributed by atoms with van der Waals surface area (Å²) in [6.45, 7) is 6.56. The first-order valence-corrected chi connectivity index (χ1v) is 8.44. The fraction of sp³-hybridized carbons (Fsp3) is 0.526. The van der Waals surface area contributed by atoms with Gasteiger partial charge in [-0.3, -0.25) is 9.59 Å². The van der Waals surface area contributed by atoms with Crippen LogP contribution < -0.4 is 5.32 Å². The van der Waals surface area contributed by atoms with Gasteiger partial charge in [0.15, 0.2) is 5.78 Å². The molecule has 0 bridgehead atoms. The van der Waals surface area contributed by atoms with Gasteiger partial charge in [0.1, 0.15) is 12.4 Å². The summed E-state index contributed by atoms with van der Waals surface area (Å²) < 4.78 is 5.23. The molecule has 1 N–H and O–H groups in total. The van der Waals surface area contributed by atoms with Crippen molar-refractivity contribution in [3.8, 4) is 0 Å². The minimum atomic E-state index is -0.621. The Hall–Kier alpha value is -2.21. The summed E-state index contributed by atoms with van der Waals surface area (Å²) >= 11 is 0. The molecule has 0 radical (unpaired) electrons. The Morgan fingerprint density at radius 3 is 2.24 bits per heavy atom. The highest BCUT2D eigenvalue weighted by molar-refractivity contribution is 6.10. The highest BCUT2D eigenvalue weighted by Crippen LogP contribution is 2.19. The van der Waals surface area contributed by atoms with Gasteiger partial charge < -0.3 is 15.0 Å². The monoisotopic (exact) mass is 348 g/mol. The van der Waals surface area contributed by atoms with Crippen molar-refractivity contribution in [2.45, 2.75) is 27.4 Å². The minimum absolute atomic E-state index is 0.0428. The molecule has 0 fully saturated rings. The SMILES string of the molecule is CNCCN(C)C(=O)OCc1ccc(C(=O)C(C(C)=O)C(C)C)cc1. The lowest BCUT2D eigenvalue weighted by molar-refractivity contribution is -0.120. The molecule has 1 unspecified atom stereocenters. The first kappa shape index (κ1) is 20.8. The zero-order chi connectivity index (χ0) is 19.0. The smallest absolute Gasteiger partial charge is 0.409 e. The van der Waals surface area contributed by atoms with Gasteiger partial charge in [0, 0.05) is 25.7 Å². The van der Waals surface area contributed by atoms with E-state index in [-0.39, 0.29) is 24.1 Å². The number of carbonyl (C=O) groups is 3. The molecule has 25 heavy (non-hydrogen) atoms. The first-order chi connectivity index (χ1) is 11.8. The molecule has 0 saturated heterocycles. The quantitative estimate of drug-likeness (QED) is 0.548. The number of Topliss-reactive ketones (excluding diaryl/α,β-unsaturated/α-hetero) is 2. The molecule has 0 spiro atoms. The van der Waals surface area contributed by atoms with Gasteiger partial charge in [0.2, 0.25) is 0 Å². The standard InChI is InChI=1S/C19H28N2O4/c1-13(2)17(14(3)22)18(23)16-8-6-15(7-9-16)12-25-19(24)21(5)11-10-20-4/h6-9,13,17,20H,10-12H2,1-5H3. The molecule has 1 amide bonds. The Balaban J connectivity index is 2.66. The number of benzene rings is 1. The van der Waals surface area contributed by atoms with E-state index in [0.29, 0.717) is 18.7 Å². The molecule has 0 aromatic heterocycles. The molecular weight excluding hydrogens is 320 g/mol. The molecule has 1 atom stereocenters. The molecule has 1 aromatic rings. The number of hydrogen-bond acceptors (Lipinski definition) is 5. The van der Waals surface area contributed by atoms with Crippen LogP contribution in [0.1, 0.15) is 36.7 Å². The van der Waals surface area contributed by atoms with Gasteiger partial charge in [-0.25, -0.2) is 4.79 Å². The maximum absolute atomic E-state index is 12.5. The lowest BCUT2D eigenvalue weighted by Gasteiger charge is -2.17. The average Bonchev–Trinajstić information content (AvgIpc) is 2.57. The summed E-state index contributed by atoms with van der Waals surface area (Å²) in [6.07, 6.45) is -0.396. The van der Waals surface area contributed by atoms with Gasteiger partial charge in [-0.15, -0.1) is 0 Å². The lowest BCUT2D eigenvalue weighted by atomic mass is 9.85. The Labute approximate surface area is 149 Å². The maximum Gasteiger partial charge on any atom is 0.409 e. The van der Waals surface area contributed by atoms with Crippen molar-refractivity contribution in [2.75, 3.05) is 27.2 Å². The molecule has 0 aliphatic heterocycles. The van der Waals surface area contributed by atoms with Crippen LogP contribution in [0.3, 0.4) is 0 Å².